The van der Waals surface area contributed by atoms with Gasteiger partial charge in [0.1, 0.15) is 0 Å². The first kappa shape index (κ1) is 13.9. The van der Waals surface area contributed by atoms with E-state index in [0.717, 1.165) is 12.1 Å². The van der Waals surface area contributed by atoms with Crippen molar-refractivity contribution in [3.05, 3.63) is 47.7 Å². The van der Waals surface area contributed by atoms with Crippen molar-refractivity contribution in [2.45, 2.75) is 13.3 Å². The quantitative estimate of drug-likeness (QED) is 0.836. The molecule has 0 saturated heterocycles. The summed E-state index contributed by atoms with van der Waals surface area (Å²) in [4.78, 5) is 15.7. The number of aromatic nitrogens is 1. The SMILES string of the molecule is CCc1cccc(Nc2nccc(C(=O)OC)c2N)c1. The normalized spacial score (nSPS) is 10.1. The van der Waals surface area contributed by atoms with Crippen molar-refractivity contribution in [2.75, 3.05) is 18.2 Å². The first-order valence-electron chi connectivity index (χ1n) is 6.34. The lowest BCUT2D eigenvalue weighted by Gasteiger charge is -2.11. The van der Waals surface area contributed by atoms with Crippen molar-refractivity contribution in [3.63, 3.8) is 0 Å². The van der Waals surface area contributed by atoms with E-state index in [0.29, 0.717) is 11.4 Å². The highest BCUT2D eigenvalue weighted by Gasteiger charge is 2.13. The van der Waals surface area contributed by atoms with Gasteiger partial charge in [-0.1, -0.05) is 19.1 Å². The molecule has 5 heteroatoms. The summed E-state index contributed by atoms with van der Waals surface area (Å²) in [6, 6.07) is 9.49. The molecular weight excluding hydrogens is 254 g/mol. The molecular formula is C15H17N3O2. The van der Waals surface area contributed by atoms with Gasteiger partial charge in [-0.3, -0.25) is 0 Å². The van der Waals surface area contributed by atoms with Crippen molar-refractivity contribution in [3.8, 4) is 0 Å². The van der Waals surface area contributed by atoms with Gasteiger partial charge in [0, 0.05) is 11.9 Å². The first-order chi connectivity index (χ1) is 9.65. The zero-order chi connectivity index (χ0) is 14.5. The number of aryl methyl sites for hydroxylation is 1. The maximum absolute atomic E-state index is 11.6. The Kier molecular flexibility index (Phi) is 4.20. The highest BCUT2D eigenvalue weighted by molar-refractivity contribution is 5.97. The van der Waals surface area contributed by atoms with Gasteiger partial charge in [0.2, 0.25) is 0 Å². The standard InChI is InChI=1S/C15H17N3O2/c1-3-10-5-4-6-11(9-10)18-14-13(16)12(7-8-17-14)15(19)20-2/h4-9H,3,16H2,1-2H3,(H,17,18). The number of benzene rings is 1. The van der Waals surface area contributed by atoms with Crippen molar-refractivity contribution < 1.29 is 9.53 Å². The second kappa shape index (κ2) is 6.06. The van der Waals surface area contributed by atoms with E-state index < -0.39 is 5.97 Å². The van der Waals surface area contributed by atoms with Crippen LogP contribution in [0.25, 0.3) is 0 Å². The van der Waals surface area contributed by atoms with Crippen LogP contribution in [-0.4, -0.2) is 18.1 Å². The van der Waals surface area contributed by atoms with Crippen LogP contribution >= 0.6 is 0 Å². The molecule has 0 saturated carbocycles. The largest absolute Gasteiger partial charge is 0.465 e. The van der Waals surface area contributed by atoms with E-state index in [1.165, 1.54) is 24.9 Å². The molecule has 0 amide bonds. The minimum Gasteiger partial charge on any atom is -0.465 e. The number of anilines is 3. The number of nitrogens with one attached hydrogen (secondary N) is 1. The minimum absolute atomic E-state index is 0.279. The molecule has 0 aliphatic carbocycles. The maximum Gasteiger partial charge on any atom is 0.340 e. The number of nitrogen functional groups attached to an aromatic ring is 1. The molecule has 3 N–H and O–H groups in total. The molecule has 20 heavy (non-hydrogen) atoms. The van der Waals surface area contributed by atoms with Gasteiger partial charge in [0.15, 0.2) is 5.82 Å². The Hall–Kier alpha value is -2.56. The predicted molar refractivity (Wildman–Crippen MR) is 79.1 cm³/mol. The Balaban J connectivity index is 2.31. The van der Waals surface area contributed by atoms with E-state index in [1.807, 2.05) is 24.3 Å². The topological polar surface area (TPSA) is 77.2 Å². The zero-order valence-corrected chi connectivity index (χ0v) is 11.5. The van der Waals surface area contributed by atoms with Gasteiger partial charge in [0.25, 0.3) is 0 Å². The highest BCUT2D eigenvalue weighted by atomic mass is 16.5. The van der Waals surface area contributed by atoms with E-state index in [-0.39, 0.29) is 5.69 Å². The van der Waals surface area contributed by atoms with Gasteiger partial charge in [-0.25, -0.2) is 9.78 Å². The molecule has 0 fully saturated rings. The first-order valence-corrected chi connectivity index (χ1v) is 6.34. The van der Waals surface area contributed by atoms with E-state index in [1.54, 1.807) is 0 Å². The fraction of sp³-hybridized carbons (Fsp3) is 0.200. The summed E-state index contributed by atoms with van der Waals surface area (Å²) < 4.78 is 4.68. The molecule has 0 spiro atoms. The Morgan fingerprint density at radius 2 is 2.20 bits per heavy atom. The minimum atomic E-state index is -0.477. The van der Waals surface area contributed by atoms with Crippen LogP contribution < -0.4 is 11.1 Å². The molecule has 2 rings (SSSR count). The highest BCUT2D eigenvalue weighted by Crippen LogP contribution is 2.24. The molecule has 104 valence electrons. The van der Waals surface area contributed by atoms with Gasteiger partial charge in [-0.15, -0.1) is 0 Å². The van der Waals surface area contributed by atoms with Crippen LogP contribution in [0.1, 0.15) is 22.8 Å². The summed E-state index contributed by atoms with van der Waals surface area (Å²) in [5.74, 6) is -0.0311. The molecule has 0 unspecified atom stereocenters. The summed E-state index contributed by atoms with van der Waals surface area (Å²) in [6.07, 6.45) is 2.47. The third-order valence-electron chi connectivity index (χ3n) is 2.99. The maximum atomic E-state index is 11.6. The summed E-state index contributed by atoms with van der Waals surface area (Å²) in [7, 11) is 1.32. The van der Waals surface area contributed by atoms with E-state index in [4.69, 9.17) is 5.73 Å². The Morgan fingerprint density at radius 3 is 2.90 bits per heavy atom. The van der Waals surface area contributed by atoms with E-state index in [9.17, 15) is 4.79 Å². The Labute approximate surface area is 117 Å². The monoisotopic (exact) mass is 271 g/mol. The summed E-state index contributed by atoms with van der Waals surface area (Å²) in [6.45, 7) is 2.09. The molecule has 0 aliphatic rings. The lowest BCUT2D eigenvalue weighted by molar-refractivity contribution is 0.0602. The molecule has 1 heterocycles. The van der Waals surface area contributed by atoms with Crippen molar-refractivity contribution in [1.82, 2.24) is 4.98 Å². The number of hydrogen-bond donors (Lipinski definition) is 2. The van der Waals surface area contributed by atoms with Crippen LogP contribution in [-0.2, 0) is 11.2 Å². The van der Waals surface area contributed by atoms with Gasteiger partial charge < -0.3 is 15.8 Å². The molecule has 0 bridgehead atoms. The number of carbonyl (C=O) groups excluding carboxylic acids is 1. The number of nitrogens with zero attached hydrogens (tertiary/aromatic N) is 1. The molecule has 1 aromatic carbocycles. The molecule has 0 atom stereocenters. The van der Waals surface area contributed by atoms with Crippen LogP contribution in [0.5, 0.6) is 0 Å². The third kappa shape index (κ3) is 2.88. The zero-order valence-electron chi connectivity index (χ0n) is 11.5. The number of nitrogens with two attached hydrogens (primary N) is 1. The molecule has 0 radical (unpaired) electrons. The summed E-state index contributed by atoms with van der Waals surface area (Å²) in [5.41, 5.74) is 8.62. The number of pyridine rings is 1. The Bertz CT molecular complexity index is 626. The summed E-state index contributed by atoms with van der Waals surface area (Å²) >= 11 is 0. The van der Waals surface area contributed by atoms with Gasteiger partial charge >= 0.3 is 5.97 Å². The number of rotatable bonds is 4. The molecule has 1 aromatic heterocycles. The average molecular weight is 271 g/mol. The van der Waals surface area contributed by atoms with E-state index in [2.05, 4.69) is 22.0 Å². The van der Waals surface area contributed by atoms with Gasteiger partial charge in [0.05, 0.1) is 18.4 Å². The predicted octanol–water partition coefficient (Wildman–Crippen LogP) is 2.76. The summed E-state index contributed by atoms with van der Waals surface area (Å²) in [5, 5.41) is 3.12. The number of hydrogen-bond acceptors (Lipinski definition) is 5. The van der Waals surface area contributed by atoms with E-state index >= 15 is 0 Å². The molecule has 2 aromatic rings. The smallest absolute Gasteiger partial charge is 0.340 e. The second-order valence-corrected chi connectivity index (χ2v) is 4.29. The number of ether oxygens (including phenoxy) is 1. The number of methoxy groups -OCH3 is 1. The number of carbonyl (C=O) groups is 1. The van der Waals surface area contributed by atoms with Crippen LogP contribution in [0.15, 0.2) is 36.5 Å². The van der Waals surface area contributed by atoms with Crippen LogP contribution in [0.3, 0.4) is 0 Å². The van der Waals surface area contributed by atoms with Crippen molar-refractivity contribution in [2.24, 2.45) is 0 Å². The molecule has 0 aliphatic heterocycles. The van der Waals surface area contributed by atoms with Gasteiger partial charge in [-0.05, 0) is 30.2 Å². The lowest BCUT2D eigenvalue weighted by Crippen LogP contribution is -2.09. The van der Waals surface area contributed by atoms with Crippen molar-refractivity contribution >= 4 is 23.2 Å². The Morgan fingerprint density at radius 1 is 1.40 bits per heavy atom. The third-order valence-corrected chi connectivity index (χ3v) is 2.99. The number of esters is 1. The molecule has 5 nitrogen and oxygen atoms in total. The fourth-order valence-electron chi connectivity index (χ4n) is 1.87. The fourth-order valence-corrected chi connectivity index (χ4v) is 1.87. The van der Waals surface area contributed by atoms with Crippen LogP contribution in [0, 0.1) is 0 Å². The average Bonchev–Trinajstić information content (AvgIpc) is 2.49. The van der Waals surface area contributed by atoms with Crippen LogP contribution in [0.4, 0.5) is 17.2 Å². The van der Waals surface area contributed by atoms with Gasteiger partial charge in [-0.2, -0.15) is 0 Å². The van der Waals surface area contributed by atoms with Crippen molar-refractivity contribution in [1.29, 1.82) is 0 Å². The second-order valence-electron chi connectivity index (χ2n) is 4.29. The van der Waals surface area contributed by atoms with Crippen LogP contribution in [0.2, 0.25) is 0 Å². The lowest BCUT2D eigenvalue weighted by atomic mass is 10.1.